The third kappa shape index (κ3) is 5.23. The molecule has 2 rings (SSSR count). The molecule has 0 unspecified atom stereocenters. The fraction of sp³-hybridized carbons (Fsp3) is 0.647. The Morgan fingerprint density at radius 3 is 2.74 bits per heavy atom. The van der Waals surface area contributed by atoms with Gasteiger partial charge in [0, 0.05) is 6.54 Å². The Bertz CT molecular complexity index is 358. The highest BCUT2D eigenvalue weighted by atomic mass is 16.5. The molecule has 0 spiro atoms. The highest BCUT2D eigenvalue weighted by Gasteiger charge is 2.10. The summed E-state index contributed by atoms with van der Waals surface area (Å²) in [6, 6.07) is 8.62. The highest BCUT2D eigenvalue weighted by molar-refractivity contribution is 5.28. The number of piperidine rings is 1. The highest BCUT2D eigenvalue weighted by Crippen LogP contribution is 2.17. The summed E-state index contributed by atoms with van der Waals surface area (Å²) in [6.07, 6.45) is 7.77. The fourth-order valence-electron chi connectivity index (χ4n) is 2.65. The van der Waals surface area contributed by atoms with E-state index < -0.39 is 0 Å². The smallest absolute Gasteiger partial charge is 0.119 e. The first kappa shape index (κ1) is 14.4. The lowest BCUT2D eigenvalue weighted by Crippen LogP contribution is -2.29. The predicted octanol–water partition coefficient (Wildman–Crippen LogP) is 4.24. The summed E-state index contributed by atoms with van der Waals surface area (Å²) in [4.78, 5) is 2.56. The van der Waals surface area contributed by atoms with Crippen LogP contribution in [-0.2, 0) is 6.54 Å². The Morgan fingerprint density at radius 2 is 1.95 bits per heavy atom. The zero-order valence-electron chi connectivity index (χ0n) is 12.2. The van der Waals surface area contributed by atoms with Crippen molar-refractivity contribution in [3.05, 3.63) is 29.8 Å². The number of rotatable bonds is 7. The number of unbranched alkanes of at least 4 members (excludes halogenated alkanes) is 2. The Morgan fingerprint density at radius 1 is 1.11 bits per heavy atom. The molecule has 1 aliphatic heterocycles. The third-order valence-electron chi connectivity index (χ3n) is 3.77. The minimum absolute atomic E-state index is 0.848. The van der Waals surface area contributed by atoms with E-state index >= 15 is 0 Å². The van der Waals surface area contributed by atoms with Crippen molar-refractivity contribution in [2.45, 2.75) is 52.0 Å². The molecule has 0 saturated carbocycles. The van der Waals surface area contributed by atoms with Crippen LogP contribution in [0.4, 0.5) is 0 Å². The lowest BCUT2D eigenvalue weighted by Gasteiger charge is -2.26. The number of likely N-dealkylation sites (tertiary alicyclic amines) is 1. The van der Waals surface area contributed by atoms with Crippen LogP contribution in [0.25, 0.3) is 0 Å². The first-order valence-corrected chi connectivity index (χ1v) is 7.82. The molecule has 0 bridgehead atoms. The molecule has 0 aromatic heterocycles. The van der Waals surface area contributed by atoms with Gasteiger partial charge in [-0.3, -0.25) is 4.90 Å². The first-order valence-electron chi connectivity index (χ1n) is 7.82. The van der Waals surface area contributed by atoms with Gasteiger partial charge in [0.25, 0.3) is 0 Å². The van der Waals surface area contributed by atoms with Gasteiger partial charge in [0.2, 0.25) is 0 Å². The molecule has 0 N–H and O–H groups in total. The molecule has 1 saturated heterocycles. The summed E-state index contributed by atoms with van der Waals surface area (Å²) >= 11 is 0. The van der Waals surface area contributed by atoms with Crippen molar-refractivity contribution in [1.82, 2.24) is 4.90 Å². The normalized spacial score (nSPS) is 16.5. The van der Waals surface area contributed by atoms with Crippen LogP contribution in [0.1, 0.15) is 51.0 Å². The van der Waals surface area contributed by atoms with Crippen molar-refractivity contribution in [3.8, 4) is 5.75 Å². The van der Waals surface area contributed by atoms with E-state index in [2.05, 4.69) is 36.1 Å². The van der Waals surface area contributed by atoms with Crippen LogP contribution < -0.4 is 4.74 Å². The van der Waals surface area contributed by atoms with Crippen LogP contribution in [0, 0.1) is 0 Å². The zero-order chi connectivity index (χ0) is 13.3. The molecule has 1 aromatic rings. The van der Waals surface area contributed by atoms with Gasteiger partial charge in [0.1, 0.15) is 5.75 Å². The van der Waals surface area contributed by atoms with Gasteiger partial charge in [0.15, 0.2) is 0 Å². The fourth-order valence-corrected chi connectivity index (χ4v) is 2.65. The van der Waals surface area contributed by atoms with Crippen molar-refractivity contribution < 1.29 is 4.74 Å². The third-order valence-corrected chi connectivity index (χ3v) is 3.77. The molecule has 2 nitrogen and oxygen atoms in total. The molecule has 2 heteroatoms. The lowest BCUT2D eigenvalue weighted by atomic mass is 10.1. The van der Waals surface area contributed by atoms with Gasteiger partial charge in [-0.05, 0) is 50.0 Å². The van der Waals surface area contributed by atoms with Gasteiger partial charge in [-0.2, -0.15) is 0 Å². The topological polar surface area (TPSA) is 12.5 Å². The van der Waals surface area contributed by atoms with Crippen LogP contribution in [-0.4, -0.2) is 24.6 Å². The van der Waals surface area contributed by atoms with E-state index in [0.717, 1.165) is 25.3 Å². The summed E-state index contributed by atoms with van der Waals surface area (Å²) in [5, 5.41) is 0. The predicted molar refractivity (Wildman–Crippen MR) is 80.6 cm³/mol. The lowest BCUT2D eigenvalue weighted by molar-refractivity contribution is 0.220. The van der Waals surface area contributed by atoms with Crippen LogP contribution in [0.2, 0.25) is 0 Å². The summed E-state index contributed by atoms with van der Waals surface area (Å²) < 4.78 is 5.82. The van der Waals surface area contributed by atoms with E-state index in [0.29, 0.717) is 0 Å². The summed E-state index contributed by atoms with van der Waals surface area (Å²) in [7, 11) is 0. The van der Waals surface area contributed by atoms with Gasteiger partial charge in [0.05, 0.1) is 6.61 Å². The summed E-state index contributed by atoms with van der Waals surface area (Å²) in [5.74, 6) is 1.03. The van der Waals surface area contributed by atoms with Gasteiger partial charge >= 0.3 is 0 Å². The molecular weight excluding hydrogens is 234 g/mol. The molecule has 1 fully saturated rings. The Labute approximate surface area is 117 Å². The van der Waals surface area contributed by atoms with Gasteiger partial charge in [-0.1, -0.05) is 38.3 Å². The van der Waals surface area contributed by atoms with Gasteiger partial charge < -0.3 is 4.74 Å². The van der Waals surface area contributed by atoms with Crippen LogP contribution in [0.5, 0.6) is 5.75 Å². The average molecular weight is 261 g/mol. The molecule has 0 amide bonds. The van der Waals surface area contributed by atoms with E-state index in [1.165, 1.54) is 50.8 Å². The SMILES string of the molecule is CCCCCOc1cccc(CN2CCCCC2)c1. The molecule has 106 valence electrons. The molecule has 1 heterocycles. The number of ether oxygens (including phenoxy) is 1. The molecule has 0 radical (unpaired) electrons. The zero-order valence-corrected chi connectivity index (χ0v) is 12.2. The van der Waals surface area contributed by atoms with E-state index in [1.807, 2.05) is 0 Å². The summed E-state index contributed by atoms with van der Waals surface area (Å²) in [5.41, 5.74) is 1.38. The number of hydrogen-bond donors (Lipinski definition) is 0. The van der Waals surface area contributed by atoms with Gasteiger partial charge in [-0.25, -0.2) is 0 Å². The van der Waals surface area contributed by atoms with Crippen molar-refractivity contribution in [3.63, 3.8) is 0 Å². The van der Waals surface area contributed by atoms with Crippen molar-refractivity contribution in [2.24, 2.45) is 0 Å². The molecular formula is C17H27NO. The average Bonchev–Trinajstić information content (AvgIpc) is 2.45. The maximum atomic E-state index is 5.82. The molecule has 0 atom stereocenters. The van der Waals surface area contributed by atoms with E-state index in [9.17, 15) is 0 Å². The monoisotopic (exact) mass is 261 g/mol. The maximum absolute atomic E-state index is 5.82. The maximum Gasteiger partial charge on any atom is 0.119 e. The first-order chi connectivity index (χ1) is 9.38. The van der Waals surface area contributed by atoms with E-state index in [1.54, 1.807) is 0 Å². The van der Waals surface area contributed by atoms with Crippen molar-refractivity contribution in [2.75, 3.05) is 19.7 Å². The summed E-state index contributed by atoms with van der Waals surface area (Å²) in [6.45, 7) is 6.65. The van der Waals surface area contributed by atoms with Crippen molar-refractivity contribution in [1.29, 1.82) is 0 Å². The molecule has 1 aromatic carbocycles. The van der Waals surface area contributed by atoms with Gasteiger partial charge in [-0.15, -0.1) is 0 Å². The second-order valence-corrected chi connectivity index (χ2v) is 5.54. The van der Waals surface area contributed by atoms with Crippen LogP contribution in [0.3, 0.4) is 0 Å². The molecule has 1 aliphatic rings. The Balaban J connectivity index is 1.80. The van der Waals surface area contributed by atoms with E-state index in [4.69, 9.17) is 4.74 Å². The quantitative estimate of drug-likeness (QED) is 0.681. The van der Waals surface area contributed by atoms with Crippen LogP contribution >= 0.6 is 0 Å². The largest absolute Gasteiger partial charge is 0.494 e. The second-order valence-electron chi connectivity index (χ2n) is 5.54. The molecule has 19 heavy (non-hydrogen) atoms. The number of benzene rings is 1. The number of nitrogens with zero attached hydrogens (tertiary/aromatic N) is 1. The Hall–Kier alpha value is -1.02. The minimum atomic E-state index is 0.848. The van der Waals surface area contributed by atoms with E-state index in [-0.39, 0.29) is 0 Å². The molecule has 0 aliphatic carbocycles. The minimum Gasteiger partial charge on any atom is -0.494 e. The number of hydrogen-bond acceptors (Lipinski definition) is 2. The Kier molecular flexibility index (Phi) is 6.22. The van der Waals surface area contributed by atoms with Crippen LogP contribution in [0.15, 0.2) is 24.3 Å². The standard InChI is InChI=1S/C17H27NO/c1-2-3-7-13-19-17-10-8-9-16(14-17)15-18-11-5-4-6-12-18/h8-10,14H,2-7,11-13,15H2,1H3. The second kappa shape index (κ2) is 8.21. The van der Waals surface area contributed by atoms with Crippen molar-refractivity contribution >= 4 is 0 Å².